The van der Waals surface area contributed by atoms with Gasteiger partial charge < -0.3 is 9.72 Å². The van der Waals surface area contributed by atoms with Crippen LogP contribution in [0.1, 0.15) is 35.9 Å². The van der Waals surface area contributed by atoms with E-state index in [1.165, 1.54) is 22.6 Å². The molecule has 1 aliphatic heterocycles. The minimum atomic E-state index is 0.0370. The molecule has 0 aromatic carbocycles. The number of ether oxygens (including phenoxy) is 1. The summed E-state index contributed by atoms with van der Waals surface area (Å²) in [5.74, 6) is 0. The molecule has 0 amide bonds. The highest BCUT2D eigenvalue weighted by Gasteiger charge is 2.24. The maximum atomic E-state index is 11.9. The Morgan fingerprint density at radius 2 is 2.25 bits per heavy atom. The molecule has 0 aliphatic carbocycles. The van der Waals surface area contributed by atoms with E-state index in [4.69, 9.17) is 4.74 Å². The van der Waals surface area contributed by atoms with Crippen LogP contribution in [0.3, 0.4) is 0 Å². The van der Waals surface area contributed by atoms with Gasteiger partial charge in [-0.1, -0.05) is 6.92 Å². The van der Waals surface area contributed by atoms with Crippen LogP contribution in [-0.2, 0) is 17.7 Å². The summed E-state index contributed by atoms with van der Waals surface area (Å²) < 4.78 is 5.35. The summed E-state index contributed by atoms with van der Waals surface area (Å²) in [6.07, 6.45) is 3.24. The molecule has 3 rings (SSSR count). The molecule has 2 aromatic rings. The van der Waals surface area contributed by atoms with Gasteiger partial charge >= 0.3 is 0 Å². The van der Waals surface area contributed by atoms with Crippen LogP contribution in [0.5, 0.6) is 0 Å². The summed E-state index contributed by atoms with van der Waals surface area (Å²) in [5, 5.41) is 0. The van der Waals surface area contributed by atoms with E-state index in [1.54, 1.807) is 7.11 Å². The number of aryl methyl sites for hydroxylation is 2. The SMILES string of the molecule is CCc1cc(-c2ccc(CN3CCC[C@H]3COC)s2)c(C)[nH]c1=O. The molecule has 1 fully saturated rings. The number of thiophene rings is 1. The van der Waals surface area contributed by atoms with Crippen molar-refractivity contribution in [3.8, 4) is 10.4 Å². The molecule has 1 aliphatic rings. The van der Waals surface area contributed by atoms with Gasteiger partial charge in [0.1, 0.15) is 0 Å². The lowest BCUT2D eigenvalue weighted by Crippen LogP contribution is -2.32. The zero-order valence-electron chi connectivity index (χ0n) is 14.7. The Labute approximate surface area is 147 Å². The first-order chi connectivity index (χ1) is 11.6. The number of aromatic nitrogens is 1. The van der Waals surface area contributed by atoms with Crippen molar-refractivity contribution in [2.45, 2.75) is 45.7 Å². The van der Waals surface area contributed by atoms with E-state index in [9.17, 15) is 4.79 Å². The second-order valence-electron chi connectivity index (χ2n) is 6.50. The second kappa shape index (κ2) is 7.64. The average Bonchev–Trinajstić information content (AvgIpc) is 3.19. The zero-order valence-corrected chi connectivity index (χ0v) is 15.5. The van der Waals surface area contributed by atoms with Gasteiger partial charge in [-0.3, -0.25) is 9.69 Å². The summed E-state index contributed by atoms with van der Waals surface area (Å²) in [7, 11) is 1.78. The normalized spacial score (nSPS) is 18.4. The third kappa shape index (κ3) is 3.63. The monoisotopic (exact) mass is 346 g/mol. The van der Waals surface area contributed by atoms with Crippen molar-refractivity contribution in [1.29, 1.82) is 0 Å². The lowest BCUT2D eigenvalue weighted by molar-refractivity contribution is 0.112. The van der Waals surface area contributed by atoms with Crippen LogP contribution in [0.15, 0.2) is 23.0 Å². The van der Waals surface area contributed by atoms with Gasteiger partial charge in [-0.25, -0.2) is 0 Å². The molecule has 130 valence electrons. The van der Waals surface area contributed by atoms with Gasteiger partial charge in [0.2, 0.25) is 0 Å². The maximum absolute atomic E-state index is 11.9. The van der Waals surface area contributed by atoms with Gasteiger partial charge in [-0.05, 0) is 50.9 Å². The third-order valence-electron chi connectivity index (χ3n) is 4.84. The molecular weight excluding hydrogens is 320 g/mol. The van der Waals surface area contributed by atoms with Crippen LogP contribution < -0.4 is 5.56 Å². The fourth-order valence-corrected chi connectivity index (χ4v) is 4.58. The van der Waals surface area contributed by atoms with Crippen molar-refractivity contribution in [1.82, 2.24) is 9.88 Å². The number of likely N-dealkylation sites (tertiary alicyclic amines) is 1. The van der Waals surface area contributed by atoms with E-state index in [0.29, 0.717) is 6.04 Å². The standard InChI is InChI=1S/C19H26N2O2S/c1-4-14-10-17(13(2)20-19(14)22)18-8-7-16(24-18)11-21-9-5-6-15(21)12-23-3/h7-8,10,15H,4-6,9,11-12H2,1-3H3,(H,20,22)/t15-/m0/s1. The van der Waals surface area contributed by atoms with E-state index in [-0.39, 0.29) is 5.56 Å². The number of hydrogen-bond donors (Lipinski definition) is 1. The second-order valence-corrected chi connectivity index (χ2v) is 7.67. The smallest absolute Gasteiger partial charge is 0.251 e. The third-order valence-corrected chi connectivity index (χ3v) is 5.94. The number of hydrogen-bond acceptors (Lipinski definition) is 4. The summed E-state index contributed by atoms with van der Waals surface area (Å²) in [4.78, 5) is 20.0. The minimum absolute atomic E-state index is 0.0370. The highest BCUT2D eigenvalue weighted by atomic mass is 32.1. The molecule has 0 saturated carbocycles. The zero-order chi connectivity index (χ0) is 17.1. The van der Waals surface area contributed by atoms with Crippen molar-refractivity contribution in [3.05, 3.63) is 44.7 Å². The molecule has 2 aromatic heterocycles. The van der Waals surface area contributed by atoms with Gasteiger partial charge in [0.25, 0.3) is 5.56 Å². The van der Waals surface area contributed by atoms with E-state index < -0.39 is 0 Å². The Bertz CT molecular complexity index is 750. The lowest BCUT2D eigenvalue weighted by atomic mass is 10.1. The molecule has 4 nitrogen and oxygen atoms in total. The molecular formula is C19H26N2O2S. The molecule has 24 heavy (non-hydrogen) atoms. The molecule has 1 atom stereocenters. The predicted molar refractivity (Wildman–Crippen MR) is 99.8 cm³/mol. The Balaban J connectivity index is 1.80. The van der Waals surface area contributed by atoms with Gasteiger partial charge in [0, 0.05) is 46.3 Å². The number of nitrogens with one attached hydrogen (secondary N) is 1. The van der Waals surface area contributed by atoms with Crippen LogP contribution in [0.25, 0.3) is 10.4 Å². The van der Waals surface area contributed by atoms with Gasteiger partial charge in [0.05, 0.1) is 6.61 Å². The summed E-state index contributed by atoms with van der Waals surface area (Å²) in [6.45, 7) is 6.95. The summed E-state index contributed by atoms with van der Waals surface area (Å²) in [5.41, 5.74) is 2.99. The van der Waals surface area contributed by atoms with Crippen LogP contribution >= 0.6 is 11.3 Å². The maximum Gasteiger partial charge on any atom is 0.251 e. The first-order valence-electron chi connectivity index (χ1n) is 8.67. The molecule has 1 N–H and O–H groups in total. The van der Waals surface area contributed by atoms with Gasteiger partial charge in [-0.2, -0.15) is 0 Å². The number of nitrogens with zero attached hydrogens (tertiary/aromatic N) is 1. The average molecular weight is 346 g/mol. The van der Waals surface area contributed by atoms with Gasteiger partial charge in [0.15, 0.2) is 0 Å². The minimum Gasteiger partial charge on any atom is -0.383 e. The van der Waals surface area contributed by atoms with E-state index in [1.807, 2.05) is 31.3 Å². The number of pyridine rings is 1. The van der Waals surface area contributed by atoms with Crippen LogP contribution in [0, 0.1) is 6.92 Å². The largest absolute Gasteiger partial charge is 0.383 e. The van der Waals surface area contributed by atoms with Crippen molar-refractivity contribution in [2.24, 2.45) is 0 Å². The molecule has 0 unspecified atom stereocenters. The number of aromatic amines is 1. The van der Waals surface area contributed by atoms with Crippen molar-refractivity contribution in [3.63, 3.8) is 0 Å². The first-order valence-corrected chi connectivity index (χ1v) is 9.49. The topological polar surface area (TPSA) is 45.3 Å². The highest BCUT2D eigenvalue weighted by Crippen LogP contribution is 2.32. The molecule has 0 spiro atoms. The van der Waals surface area contributed by atoms with E-state index >= 15 is 0 Å². The summed E-state index contributed by atoms with van der Waals surface area (Å²) in [6, 6.07) is 7.00. The first kappa shape index (κ1) is 17.4. The Morgan fingerprint density at radius 3 is 3.00 bits per heavy atom. The number of H-pyrrole nitrogens is 1. The molecule has 3 heterocycles. The Kier molecular flexibility index (Phi) is 5.54. The quantitative estimate of drug-likeness (QED) is 0.869. The summed E-state index contributed by atoms with van der Waals surface area (Å²) >= 11 is 1.83. The lowest BCUT2D eigenvalue weighted by Gasteiger charge is -2.22. The number of rotatable bonds is 6. The predicted octanol–water partition coefficient (Wildman–Crippen LogP) is 3.59. The van der Waals surface area contributed by atoms with Crippen LogP contribution in [-0.4, -0.2) is 36.2 Å². The molecule has 5 heteroatoms. The Morgan fingerprint density at radius 1 is 1.42 bits per heavy atom. The fraction of sp³-hybridized carbons (Fsp3) is 0.526. The fourth-order valence-electron chi connectivity index (χ4n) is 3.48. The Hall–Kier alpha value is -1.43. The highest BCUT2D eigenvalue weighted by molar-refractivity contribution is 7.15. The van der Waals surface area contributed by atoms with E-state index in [2.05, 4.69) is 22.0 Å². The van der Waals surface area contributed by atoms with Crippen LogP contribution in [0.4, 0.5) is 0 Å². The van der Waals surface area contributed by atoms with Gasteiger partial charge in [-0.15, -0.1) is 11.3 Å². The van der Waals surface area contributed by atoms with Crippen molar-refractivity contribution < 1.29 is 4.74 Å². The van der Waals surface area contributed by atoms with E-state index in [0.717, 1.165) is 42.9 Å². The van der Waals surface area contributed by atoms with Crippen molar-refractivity contribution in [2.75, 3.05) is 20.3 Å². The van der Waals surface area contributed by atoms with Crippen LogP contribution in [0.2, 0.25) is 0 Å². The molecule has 1 saturated heterocycles. The molecule has 0 radical (unpaired) electrons. The molecule has 0 bridgehead atoms. The van der Waals surface area contributed by atoms with Crippen molar-refractivity contribution >= 4 is 11.3 Å². The number of methoxy groups -OCH3 is 1.